The summed E-state index contributed by atoms with van der Waals surface area (Å²) in [6, 6.07) is 0. The molecule has 0 spiro atoms. The summed E-state index contributed by atoms with van der Waals surface area (Å²) in [6.07, 6.45) is 59.2. The molecule has 0 bridgehead atoms. The van der Waals surface area contributed by atoms with E-state index in [1.807, 2.05) is 0 Å². The summed E-state index contributed by atoms with van der Waals surface area (Å²) in [4.78, 5) is 37.9. The Morgan fingerprint density at radius 3 is 1.18 bits per heavy atom. The molecule has 0 saturated carbocycles. The third-order valence-corrected chi connectivity index (χ3v) is 10.8. The Bertz CT molecular complexity index is 1100. The zero-order valence-corrected chi connectivity index (χ0v) is 39.5. The van der Waals surface area contributed by atoms with Crippen molar-refractivity contribution in [1.82, 2.24) is 0 Å². The Morgan fingerprint density at radius 1 is 0.367 bits per heavy atom. The lowest BCUT2D eigenvalue weighted by Crippen LogP contribution is -2.30. The zero-order valence-electron chi connectivity index (χ0n) is 39.5. The molecular weight excluding hydrogens is 745 g/mol. The molecule has 0 aromatic carbocycles. The van der Waals surface area contributed by atoms with Crippen molar-refractivity contribution >= 4 is 17.9 Å². The average molecular weight is 839 g/mol. The van der Waals surface area contributed by atoms with Crippen LogP contribution in [-0.2, 0) is 28.6 Å². The second kappa shape index (κ2) is 48.8. The first-order valence-corrected chi connectivity index (χ1v) is 25.3. The number of allylic oxidation sites excluding steroid dienone is 10. The maximum absolute atomic E-state index is 12.8. The van der Waals surface area contributed by atoms with Crippen LogP contribution in [0.25, 0.3) is 0 Å². The second-order valence-corrected chi connectivity index (χ2v) is 16.7. The number of hydrogen-bond acceptors (Lipinski definition) is 6. The molecule has 0 amide bonds. The van der Waals surface area contributed by atoms with Crippen molar-refractivity contribution in [3.8, 4) is 0 Å². The van der Waals surface area contributed by atoms with E-state index < -0.39 is 6.10 Å². The largest absolute Gasteiger partial charge is 0.462 e. The van der Waals surface area contributed by atoms with Crippen LogP contribution in [0.2, 0.25) is 0 Å². The number of carbonyl (C=O) groups excluding carboxylic acids is 3. The Hall–Kier alpha value is -2.89. The fourth-order valence-corrected chi connectivity index (χ4v) is 6.96. The van der Waals surface area contributed by atoms with Gasteiger partial charge in [0.2, 0.25) is 0 Å². The molecule has 0 rings (SSSR count). The lowest BCUT2D eigenvalue weighted by atomic mass is 10.0. The average Bonchev–Trinajstić information content (AvgIpc) is 3.24. The van der Waals surface area contributed by atoms with Gasteiger partial charge in [-0.1, -0.05) is 216 Å². The molecule has 1 unspecified atom stereocenters. The lowest BCUT2D eigenvalue weighted by molar-refractivity contribution is -0.167. The van der Waals surface area contributed by atoms with Gasteiger partial charge in [0.25, 0.3) is 0 Å². The van der Waals surface area contributed by atoms with Gasteiger partial charge in [0.15, 0.2) is 6.10 Å². The molecule has 0 N–H and O–H groups in total. The van der Waals surface area contributed by atoms with Gasteiger partial charge in [0, 0.05) is 19.3 Å². The normalized spacial score (nSPS) is 12.5. The maximum atomic E-state index is 12.8. The third-order valence-electron chi connectivity index (χ3n) is 10.8. The topological polar surface area (TPSA) is 78.9 Å². The Morgan fingerprint density at radius 2 is 0.717 bits per heavy atom. The van der Waals surface area contributed by atoms with E-state index in [0.29, 0.717) is 19.3 Å². The van der Waals surface area contributed by atoms with Crippen LogP contribution in [0.3, 0.4) is 0 Å². The van der Waals surface area contributed by atoms with E-state index in [1.54, 1.807) is 0 Å². The minimum Gasteiger partial charge on any atom is -0.462 e. The van der Waals surface area contributed by atoms with Gasteiger partial charge in [-0.2, -0.15) is 0 Å². The molecule has 0 aliphatic carbocycles. The smallest absolute Gasteiger partial charge is 0.306 e. The minimum atomic E-state index is -0.793. The monoisotopic (exact) mass is 839 g/mol. The van der Waals surface area contributed by atoms with Crippen molar-refractivity contribution in [3.05, 3.63) is 60.8 Å². The fourth-order valence-electron chi connectivity index (χ4n) is 6.96. The molecule has 0 fully saturated rings. The summed E-state index contributed by atoms with van der Waals surface area (Å²) in [6.45, 7) is 6.44. The first-order chi connectivity index (χ1) is 29.5. The summed E-state index contributed by atoms with van der Waals surface area (Å²) in [5.41, 5.74) is 0. The van der Waals surface area contributed by atoms with Crippen molar-refractivity contribution in [2.45, 2.75) is 252 Å². The van der Waals surface area contributed by atoms with Gasteiger partial charge < -0.3 is 14.2 Å². The van der Waals surface area contributed by atoms with Crippen molar-refractivity contribution in [2.75, 3.05) is 13.2 Å². The standard InChI is InChI=1S/C54H94O6/c1-4-7-10-13-16-19-22-24-26-27-28-30-32-35-38-41-44-47-53(56)59-50-51(49-58-52(55)46-43-40-37-34-31-21-18-15-12-9-6-3)60-54(57)48-45-42-39-36-33-29-25-23-20-17-14-11-8-5-2/h8,11,15,17-18,20-21,25,29,31,51H,4-7,9-10,12-14,16,19,22-24,26-28,30,32-50H2,1-3H3/b11-8-,18-15-,20-17-,29-25-,31-21-. The van der Waals surface area contributed by atoms with Crippen LogP contribution in [0.15, 0.2) is 60.8 Å². The quantitative estimate of drug-likeness (QED) is 0.0200. The van der Waals surface area contributed by atoms with Crippen molar-refractivity contribution in [2.24, 2.45) is 0 Å². The van der Waals surface area contributed by atoms with Crippen molar-refractivity contribution < 1.29 is 28.6 Å². The van der Waals surface area contributed by atoms with E-state index in [0.717, 1.165) is 103 Å². The Kier molecular flexibility index (Phi) is 46.4. The SMILES string of the molecule is CC/C=C\C/C=C\C/C=C\CCCCCCC(=O)OC(COC(=O)CCCCC/C=C\C=C/CCCC)COC(=O)CCCCCCCCCCCCCCCCCCC. The number of hydrogen-bond donors (Lipinski definition) is 0. The summed E-state index contributed by atoms with van der Waals surface area (Å²) in [5.74, 6) is -0.938. The summed E-state index contributed by atoms with van der Waals surface area (Å²) in [7, 11) is 0. The molecule has 0 aromatic heterocycles. The molecule has 6 nitrogen and oxygen atoms in total. The number of unbranched alkanes of at least 4 members (excludes halogenated alkanes) is 25. The third kappa shape index (κ3) is 46.2. The summed E-state index contributed by atoms with van der Waals surface area (Å²) in [5, 5.41) is 0. The molecular formula is C54H94O6. The Labute approximate surface area is 370 Å². The highest BCUT2D eigenvalue weighted by atomic mass is 16.6. The number of ether oxygens (including phenoxy) is 3. The van der Waals surface area contributed by atoms with Gasteiger partial charge >= 0.3 is 17.9 Å². The van der Waals surface area contributed by atoms with Gasteiger partial charge in [0.1, 0.15) is 13.2 Å². The van der Waals surface area contributed by atoms with Crippen LogP contribution in [0, 0.1) is 0 Å². The molecule has 0 aromatic rings. The van der Waals surface area contributed by atoms with E-state index in [2.05, 4.69) is 81.5 Å². The molecule has 0 saturated heterocycles. The van der Waals surface area contributed by atoms with Gasteiger partial charge in [-0.25, -0.2) is 0 Å². The maximum Gasteiger partial charge on any atom is 0.306 e. The van der Waals surface area contributed by atoms with Crippen LogP contribution in [0.1, 0.15) is 245 Å². The molecule has 60 heavy (non-hydrogen) atoms. The highest BCUT2D eigenvalue weighted by Crippen LogP contribution is 2.15. The van der Waals surface area contributed by atoms with Gasteiger partial charge in [-0.15, -0.1) is 0 Å². The van der Waals surface area contributed by atoms with Gasteiger partial charge in [-0.3, -0.25) is 14.4 Å². The molecule has 6 heteroatoms. The highest BCUT2D eigenvalue weighted by molar-refractivity contribution is 5.71. The Balaban J connectivity index is 4.39. The van der Waals surface area contributed by atoms with Crippen molar-refractivity contribution in [1.29, 1.82) is 0 Å². The van der Waals surface area contributed by atoms with Crippen LogP contribution in [-0.4, -0.2) is 37.2 Å². The fraction of sp³-hybridized carbons (Fsp3) is 0.759. The van der Waals surface area contributed by atoms with Gasteiger partial charge in [-0.05, 0) is 70.6 Å². The van der Waals surface area contributed by atoms with E-state index in [-0.39, 0.29) is 31.1 Å². The molecule has 0 radical (unpaired) electrons. The van der Waals surface area contributed by atoms with E-state index in [9.17, 15) is 14.4 Å². The molecule has 346 valence electrons. The second-order valence-electron chi connectivity index (χ2n) is 16.7. The van der Waals surface area contributed by atoms with Crippen LogP contribution < -0.4 is 0 Å². The number of esters is 3. The molecule has 1 atom stereocenters. The lowest BCUT2D eigenvalue weighted by Gasteiger charge is -2.18. The molecule has 0 heterocycles. The number of rotatable bonds is 45. The first-order valence-electron chi connectivity index (χ1n) is 25.3. The van der Waals surface area contributed by atoms with Crippen LogP contribution in [0.5, 0.6) is 0 Å². The van der Waals surface area contributed by atoms with Crippen LogP contribution >= 0.6 is 0 Å². The molecule has 0 aliphatic rings. The van der Waals surface area contributed by atoms with E-state index in [1.165, 1.54) is 103 Å². The zero-order chi connectivity index (χ0) is 43.7. The van der Waals surface area contributed by atoms with Gasteiger partial charge in [0.05, 0.1) is 0 Å². The van der Waals surface area contributed by atoms with Crippen molar-refractivity contribution in [3.63, 3.8) is 0 Å². The minimum absolute atomic E-state index is 0.0903. The summed E-state index contributed by atoms with van der Waals surface area (Å²) >= 11 is 0. The van der Waals surface area contributed by atoms with E-state index >= 15 is 0 Å². The van der Waals surface area contributed by atoms with Crippen LogP contribution in [0.4, 0.5) is 0 Å². The molecule has 0 aliphatic heterocycles. The predicted octanol–water partition coefficient (Wildman–Crippen LogP) is 16.5. The predicted molar refractivity (Wildman–Crippen MR) is 256 cm³/mol. The number of carbonyl (C=O) groups is 3. The first kappa shape index (κ1) is 57.1. The summed E-state index contributed by atoms with van der Waals surface area (Å²) < 4.78 is 16.7. The highest BCUT2D eigenvalue weighted by Gasteiger charge is 2.19. The van der Waals surface area contributed by atoms with E-state index in [4.69, 9.17) is 14.2 Å².